The average Bonchev–Trinajstić information content (AvgIpc) is 2.92. The van der Waals surface area contributed by atoms with Gasteiger partial charge in [-0.15, -0.1) is 0 Å². The van der Waals surface area contributed by atoms with Gasteiger partial charge in [0.25, 0.3) is 11.8 Å². The highest BCUT2D eigenvalue weighted by Crippen LogP contribution is 2.52. The number of likely N-dealkylation sites (tertiary alicyclic amines) is 1. The van der Waals surface area contributed by atoms with Gasteiger partial charge in [-0.25, -0.2) is 0 Å². The molecular formula is C22H30N2O5. The summed E-state index contributed by atoms with van der Waals surface area (Å²) in [5, 5.41) is 2.50. The molecule has 1 N–H and O–H groups in total. The van der Waals surface area contributed by atoms with E-state index in [4.69, 9.17) is 9.47 Å². The molecule has 1 aliphatic carbocycles. The van der Waals surface area contributed by atoms with Crippen LogP contribution in [0.4, 0.5) is 0 Å². The molecule has 29 heavy (non-hydrogen) atoms. The van der Waals surface area contributed by atoms with E-state index in [2.05, 4.69) is 26.1 Å². The Bertz CT molecular complexity index is 806. The number of ether oxygens (including phenoxy) is 2. The van der Waals surface area contributed by atoms with E-state index in [9.17, 15) is 14.4 Å². The van der Waals surface area contributed by atoms with Gasteiger partial charge >= 0.3 is 5.97 Å². The summed E-state index contributed by atoms with van der Waals surface area (Å²) in [6, 6.07) is 6.84. The predicted octanol–water partition coefficient (Wildman–Crippen LogP) is 2.40. The van der Waals surface area contributed by atoms with E-state index in [-0.39, 0.29) is 35.9 Å². The summed E-state index contributed by atoms with van der Waals surface area (Å²) in [5.41, 5.74) is 0.735. The zero-order valence-corrected chi connectivity index (χ0v) is 17.6. The molecule has 1 heterocycles. The van der Waals surface area contributed by atoms with Crippen molar-refractivity contribution in [3.63, 3.8) is 0 Å². The Balaban J connectivity index is 1.46. The highest BCUT2D eigenvalue weighted by molar-refractivity contribution is 5.96. The van der Waals surface area contributed by atoms with Crippen LogP contribution in [-0.2, 0) is 14.3 Å². The Morgan fingerprint density at radius 2 is 1.97 bits per heavy atom. The van der Waals surface area contributed by atoms with Crippen LogP contribution in [0.25, 0.3) is 0 Å². The molecule has 0 unspecified atom stereocenters. The minimum absolute atomic E-state index is 0.136. The fourth-order valence-corrected chi connectivity index (χ4v) is 5.05. The van der Waals surface area contributed by atoms with E-state index in [1.165, 1.54) is 7.11 Å². The molecule has 0 radical (unpaired) electrons. The van der Waals surface area contributed by atoms with Crippen molar-refractivity contribution >= 4 is 17.8 Å². The quantitative estimate of drug-likeness (QED) is 0.739. The Kier molecular flexibility index (Phi) is 5.87. The van der Waals surface area contributed by atoms with Crippen LogP contribution < -0.4 is 10.1 Å². The molecule has 1 saturated carbocycles. The second kappa shape index (κ2) is 8.05. The van der Waals surface area contributed by atoms with E-state index < -0.39 is 11.9 Å². The molecule has 2 aliphatic rings. The molecule has 1 saturated heterocycles. The molecule has 0 aromatic heterocycles. The van der Waals surface area contributed by atoms with E-state index in [0.29, 0.717) is 17.9 Å². The molecule has 2 bridgehead atoms. The van der Waals surface area contributed by atoms with Crippen molar-refractivity contribution in [2.45, 2.75) is 46.1 Å². The number of fused-ring (bicyclic) bond motifs is 2. The van der Waals surface area contributed by atoms with Crippen LogP contribution in [0.1, 0.15) is 50.4 Å². The first kappa shape index (κ1) is 21.1. The number of carbonyl (C=O) groups excluding carboxylic acids is 3. The Morgan fingerprint density at radius 1 is 1.21 bits per heavy atom. The van der Waals surface area contributed by atoms with Crippen molar-refractivity contribution in [3.8, 4) is 5.75 Å². The molecule has 7 heteroatoms. The van der Waals surface area contributed by atoms with Crippen LogP contribution in [0.15, 0.2) is 24.3 Å². The summed E-state index contributed by atoms with van der Waals surface area (Å²) in [6.45, 7) is 6.85. The highest BCUT2D eigenvalue weighted by atomic mass is 16.5. The number of rotatable bonds is 6. The van der Waals surface area contributed by atoms with Gasteiger partial charge in [-0.2, -0.15) is 0 Å². The highest BCUT2D eigenvalue weighted by Gasteiger charge is 2.50. The first-order chi connectivity index (χ1) is 13.6. The van der Waals surface area contributed by atoms with Crippen molar-refractivity contribution in [1.29, 1.82) is 0 Å². The van der Waals surface area contributed by atoms with Gasteiger partial charge in [0.2, 0.25) is 0 Å². The van der Waals surface area contributed by atoms with E-state index >= 15 is 0 Å². The van der Waals surface area contributed by atoms with Crippen molar-refractivity contribution in [1.82, 2.24) is 10.2 Å². The van der Waals surface area contributed by atoms with E-state index in [0.717, 1.165) is 19.3 Å². The number of carbonyl (C=O) groups is 3. The molecular weight excluding hydrogens is 372 g/mol. The standard InChI is InChI=1S/C22H30N2O5/c1-21(2)9-16-10-22(3,13-21)14-24(16)18(25)12-29-19(26)11-23-20(27)15-6-5-7-17(8-15)28-4/h5-8,16H,9-14H2,1-4H3,(H,23,27)/t16-,22+/m1/s1. The van der Waals surface area contributed by atoms with Gasteiger partial charge in [0.1, 0.15) is 12.3 Å². The van der Waals surface area contributed by atoms with E-state index in [1.54, 1.807) is 24.3 Å². The van der Waals surface area contributed by atoms with Crippen LogP contribution in [-0.4, -0.2) is 55.5 Å². The predicted molar refractivity (Wildman–Crippen MR) is 108 cm³/mol. The minimum atomic E-state index is -0.636. The average molecular weight is 402 g/mol. The van der Waals surface area contributed by atoms with Gasteiger partial charge in [0.05, 0.1) is 7.11 Å². The number of methoxy groups -OCH3 is 1. The lowest BCUT2D eigenvalue weighted by Crippen LogP contribution is -2.40. The molecule has 158 valence electrons. The first-order valence-electron chi connectivity index (χ1n) is 9.98. The maximum atomic E-state index is 12.6. The number of amides is 2. The van der Waals surface area contributed by atoms with Crippen LogP contribution in [0.3, 0.4) is 0 Å². The number of benzene rings is 1. The van der Waals surface area contributed by atoms with Gasteiger partial charge in [0.15, 0.2) is 6.61 Å². The third-order valence-electron chi connectivity index (χ3n) is 5.82. The van der Waals surface area contributed by atoms with E-state index in [1.807, 2.05) is 4.90 Å². The summed E-state index contributed by atoms with van der Waals surface area (Å²) < 4.78 is 10.2. The topological polar surface area (TPSA) is 84.9 Å². The maximum absolute atomic E-state index is 12.6. The molecule has 2 amide bonds. The third kappa shape index (κ3) is 5.08. The van der Waals surface area contributed by atoms with Crippen LogP contribution in [0.5, 0.6) is 5.75 Å². The van der Waals surface area contributed by atoms with Crippen molar-refractivity contribution in [2.24, 2.45) is 10.8 Å². The number of hydrogen-bond acceptors (Lipinski definition) is 5. The van der Waals surface area contributed by atoms with Gasteiger partial charge in [-0.1, -0.05) is 26.8 Å². The molecule has 1 aromatic rings. The zero-order valence-electron chi connectivity index (χ0n) is 17.6. The molecule has 2 atom stereocenters. The zero-order chi connectivity index (χ0) is 21.2. The lowest BCUT2D eigenvalue weighted by molar-refractivity contribution is -0.151. The molecule has 0 spiro atoms. The van der Waals surface area contributed by atoms with Crippen molar-refractivity contribution in [2.75, 3.05) is 26.8 Å². The second-order valence-corrected chi connectivity index (χ2v) is 9.31. The Hall–Kier alpha value is -2.57. The van der Waals surface area contributed by atoms with Crippen molar-refractivity contribution < 1.29 is 23.9 Å². The largest absolute Gasteiger partial charge is 0.497 e. The summed E-state index contributed by atoms with van der Waals surface area (Å²) >= 11 is 0. The van der Waals surface area contributed by atoms with Crippen molar-refractivity contribution in [3.05, 3.63) is 29.8 Å². The SMILES string of the molecule is COc1cccc(C(=O)NCC(=O)OCC(=O)N2C[C@@]3(C)C[C@H]2CC(C)(C)C3)c1. The normalized spacial score (nSPS) is 24.7. The van der Waals surface area contributed by atoms with Gasteiger partial charge < -0.3 is 19.7 Å². The third-order valence-corrected chi connectivity index (χ3v) is 5.82. The molecule has 3 rings (SSSR count). The van der Waals surface area contributed by atoms with Crippen LogP contribution >= 0.6 is 0 Å². The lowest BCUT2D eigenvalue weighted by Gasteiger charge is -2.39. The number of nitrogens with zero attached hydrogens (tertiary/aromatic N) is 1. The molecule has 1 aromatic carbocycles. The second-order valence-electron chi connectivity index (χ2n) is 9.31. The summed E-state index contributed by atoms with van der Waals surface area (Å²) in [7, 11) is 1.51. The van der Waals surface area contributed by atoms with Gasteiger partial charge in [-0.3, -0.25) is 14.4 Å². The molecule has 1 aliphatic heterocycles. The smallest absolute Gasteiger partial charge is 0.325 e. The summed E-state index contributed by atoms with van der Waals surface area (Å²) in [5.74, 6) is -0.651. The fourth-order valence-electron chi connectivity index (χ4n) is 5.05. The van der Waals surface area contributed by atoms with Crippen LogP contribution in [0.2, 0.25) is 0 Å². The first-order valence-corrected chi connectivity index (χ1v) is 9.98. The van der Waals surface area contributed by atoms with Gasteiger partial charge in [0, 0.05) is 18.2 Å². The Morgan fingerprint density at radius 3 is 2.69 bits per heavy atom. The minimum Gasteiger partial charge on any atom is -0.497 e. The molecule has 7 nitrogen and oxygen atoms in total. The number of hydrogen-bond donors (Lipinski definition) is 1. The number of nitrogens with one attached hydrogen (secondary N) is 1. The van der Waals surface area contributed by atoms with Crippen LogP contribution in [0, 0.1) is 10.8 Å². The lowest BCUT2D eigenvalue weighted by atomic mass is 9.65. The monoisotopic (exact) mass is 402 g/mol. The fraction of sp³-hybridized carbons (Fsp3) is 0.591. The summed E-state index contributed by atoms with van der Waals surface area (Å²) in [4.78, 5) is 38.6. The molecule has 2 fully saturated rings. The van der Waals surface area contributed by atoms with Gasteiger partial charge in [-0.05, 0) is 48.3 Å². The maximum Gasteiger partial charge on any atom is 0.325 e. The Labute approximate surface area is 171 Å². The number of esters is 1. The summed E-state index contributed by atoms with van der Waals surface area (Å²) in [6.07, 6.45) is 3.07.